The van der Waals surface area contributed by atoms with Crippen molar-refractivity contribution in [3.8, 4) is 11.5 Å². The Morgan fingerprint density at radius 2 is 1.84 bits per heavy atom. The molecular weight excluding hydrogens is 346 g/mol. The van der Waals surface area contributed by atoms with Crippen molar-refractivity contribution in [2.24, 2.45) is 0 Å². The van der Waals surface area contributed by atoms with Crippen LogP contribution in [0.5, 0.6) is 11.5 Å². The van der Waals surface area contributed by atoms with Crippen LogP contribution in [0.15, 0.2) is 36.4 Å². The normalized spacial score (nSPS) is 10.1. The molecule has 6 nitrogen and oxygen atoms in total. The molecule has 0 saturated heterocycles. The summed E-state index contributed by atoms with van der Waals surface area (Å²) < 4.78 is 15.0. The van der Waals surface area contributed by atoms with Crippen LogP contribution in [0.2, 0.25) is 5.02 Å². The molecule has 0 aliphatic carbocycles. The molecule has 132 valence electrons. The molecule has 2 aromatic carbocycles. The first kappa shape index (κ1) is 18.6. The van der Waals surface area contributed by atoms with Gasteiger partial charge in [0.25, 0.3) is 5.91 Å². The summed E-state index contributed by atoms with van der Waals surface area (Å²) in [7, 11) is 2.72. The molecule has 0 spiro atoms. The van der Waals surface area contributed by atoms with E-state index in [0.29, 0.717) is 27.8 Å². The molecular formula is C18H18ClNO5. The minimum absolute atomic E-state index is 0.250. The van der Waals surface area contributed by atoms with E-state index in [1.807, 2.05) is 13.0 Å². The number of esters is 1. The van der Waals surface area contributed by atoms with E-state index >= 15 is 0 Å². The lowest BCUT2D eigenvalue weighted by molar-refractivity contribution is -0.142. The summed E-state index contributed by atoms with van der Waals surface area (Å²) in [5.74, 6) is -0.167. The quantitative estimate of drug-likeness (QED) is 0.795. The molecule has 2 rings (SSSR count). The predicted octanol–water partition coefficient (Wildman–Crippen LogP) is 3.46. The second-order valence-corrected chi connectivity index (χ2v) is 5.56. The molecule has 1 N–H and O–H groups in total. The maximum absolute atomic E-state index is 12.4. The standard InChI is InChI=1S/C18H18ClNO5/c1-11-4-6-13(9-14(11)19)20-18(22)12-5-7-15(16(8-12)23-2)25-10-17(21)24-3/h4-9H,10H2,1-3H3,(H,20,22). The third kappa shape index (κ3) is 4.87. The van der Waals surface area contributed by atoms with Crippen molar-refractivity contribution in [3.63, 3.8) is 0 Å². The van der Waals surface area contributed by atoms with Gasteiger partial charge in [-0.2, -0.15) is 0 Å². The summed E-state index contributed by atoms with van der Waals surface area (Å²) in [6, 6.07) is 9.92. The van der Waals surface area contributed by atoms with E-state index in [1.165, 1.54) is 20.3 Å². The Balaban J connectivity index is 2.14. The Morgan fingerprint density at radius 1 is 1.08 bits per heavy atom. The first-order valence-corrected chi connectivity index (χ1v) is 7.77. The van der Waals surface area contributed by atoms with Crippen LogP contribution in [0, 0.1) is 6.92 Å². The highest BCUT2D eigenvalue weighted by Gasteiger charge is 2.13. The monoisotopic (exact) mass is 363 g/mol. The van der Waals surface area contributed by atoms with Crippen molar-refractivity contribution in [1.29, 1.82) is 0 Å². The molecule has 0 aromatic heterocycles. The number of aryl methyl sites for hydroxylation is 1. The second-order valence-electron chi connectivity index (χ2n) is 5.15. The number of hydrogen-bond donors (Lipinski definition) is 1. The van der Waals surface area contributed by atoms with Gasteiger partial charge < -0.3 is 19.5 Å². The summed E-state index contributed by atoms with van der Waals surface area (Å²) in [6.45, 7) is 1.63. The van der Waals surface area contributed by atoms with E-state index in [-0.39, 0.29) is 12.5 Å². The van der Waals surface area contributed by atoms with E-state index in [4.69, 9.17) is 21.1 Å². The topological polar surface area (TPSA) is 73.9 Å². The summed E-state index contributed by atoms with van der Waals surface area (Å²) >= 11 is 6.06. The molecule has 0 atom stereocenters. The molecule has 0 saturated carbocycles. The van der Waals surface area contributed by atoms with Gasteiger partial charge >= 0.3 is 5.97 Å². The zero-order valence-electron chi connectivity index (χ0n) is 14.1. The third-order valence-electron chi connectivity index (χ3n) is 3.43. The molecule has 0 aliphatic heterocycles. The highest BCUT2D eigenvalue weighted by Crippen LogP contribution is 2.28. The predicted molar refractivity (Wildman–Crippen MR) is 94.6 cm³/mol. The molecule has 7 heteroatoms. The summed E-state index contributed by atoms with van der Waals surface area (Å²) in [4.78, 5) is 23.5. The Hall–Kier alpha value is -2.73. The number of rotatable bonds is 6. The van der Waals surface area contributed by atoms with Gasteiger partial charge in [-0.1, -0.05) is 17.7 Å². The van der Waals surface area contributed by atoms with Crippen LogP contribution in [0.3, 0.4) is 0 Å². The van der Waals surface area contributed by atoms with Gasteiger partial charge in [-0.05, 0) is 42.8 Å². The second kappa shape index (κ2) is 8.39. The van der Waals surface area contributed by atoms with Crippen molar-refractivity contribution in [2.75, 3.05) is 26.1 Å². The number of carbonyl (C=O) groups is 2. The molecule has 0 fully saturated rings. The summed E-state index contributed by atoms with van der Waals surface area (Å²) in [6.07, 6.45) is 0. The lowest BCUT2D eigenvalue weighted by Gasteiger charge is -2.12. The SMILES string of the molecule is COC(=O)COc1ccc(C(=O)Nc2ccc(C)c(Cl)c2)cc1OC. The largest absolute Gasteiger partial charge is 0.493 e. The minimum atomic E-state index is -0.514. The van der Waals surface area contributed by atoms with Crippen LogP contribution < -0.4 is 14.8 Å². The molecule has 25 heavy (non-hydrogen) atoms. The number of ether oxygens (including phenoxy) is 3. The maximum atomic E-state index is 12.4. The molecule has 0 bridgehead atoms. The van der Waals surface area contributed by atoms with Gasteiger partial charge in [-0.25, -0.2) is 4.79 Å². The number of benzene rings is 2. The van der Waals surface area contributed by atoms with Crippen molar-refractivity contribution >= 4 is 29.2 Å². The molecule has 0 unspecified atom stereocenters. The average Bonchev–Trinajstić information content (AvgIpc) is 2.62. The van der Waals surface area contributed by atoms with Crippen LogP contribution in [0.1, 0.15) is 15.9 Å². The molecule has 1 amide bonds. The third-order valence-corrected chi connectivity index (χ3v) is 3.84. The molecule has 0 radical (unpaired) electrons. The van der Waals surface area contributed by atoms with Gasteiger partial charge in [0.2, 0.25) is 0 Å². The lowest BCUT2D eigenvalue weighted by Crippen LogP contribution is -2.14. The number of anilines is 1. The fourth-order valence-electron chi connectivity index (χ4n) is 2.00. The summed E-state index contributed by atoms with van der Waals surface area (Å²) in [5.41, 5.74) is 1.89. The van der Waals surface area contributed by atoms with Gasteiger partial charge in [0.1, 0.15) is 0 Å². The number of halogens is 1. The highest BCUT2D eigenvalue weighted by atomic mass is 35.5. The zero-order valence-corrected chi connectivity index (χ0v) is 14.8. The van der Waals surface area contributed by atoms with Gasteiger partial charge in [0, 0.05) is 16.3 Å². The Kier molecular flexibility index (Phi) is 6.25. The van der Waals surface area contributed by atoms with E-state index in [0.717, 1.165) is 5.56 Å². The molecule has 0 heterocycles. The number of methoxy groups -OCH3 is 2. The van der Waals surface area contributed by atoms with Crippen molar-refractivity contribution in [2.45, 2.75) is 6.92 Å². The number of nitrogens with one attached hydrogen (secondary N) is 1. The van der Waals surface area contributed by atoms with E-state index in [9.17, 15) is 9.59 Å². The van der Waals surface area contributed by atoms with Crippen LogP contribution in [0.4, 0.5) is 5.69 Å². The van der Waals surface area contributed by atoms with Crippen LogP contribution in [-0.2, 0) is 9.53 Å². The Bertz CT molecular complexity index is 791. The van der Waals surface area contributed by atoms with Gasteiger partial charge in [0.05, 0.1) is 14.2 Å². The average molecular weight is 364 g/mol. The van der Waals surface area contributed by atoms with Crippen LogP contribution >= 0.6 is 11.6 Å². The van der Waals surface area contributed by atoms with E-state index < -0.39 is 5.97 Å². The zero-order chi connectivity index (χ0) is 18.4. The van der Waals surface area contributed by atoms with Crippen LogP contribution in [0.25, 0.3) is 0 Å². The fraction of sp³-hybridized carbons (Fsp3) is 0.222. The number of carbonyl (C=O) groups excluding carboxylic acids is 2. The minimum Gasteiger partial charge on any atom is -0.493 e. The van der Waals surface area contributed by atoms with E-state index in [1.54, 1.807) is 24.3 Å². The fourth-order valence-corrected chi connectivity index (χ4v) is 2.18. The lowest BCUT2D eigenvalue weighted by atomic mass is 10.1. The first-order chi connectivity index (χ1) is 11.9. The van der Waals surface area contributed by atoms with Gasteiger partial charge in [-0.15, -0.1) is 0 Å². The Morgan fingerprint density at radius 3 is 2.48 bits per heavy atom. The van der Waals surface area contributed by atoms with Crippen molar-refractivity contribution in [1.82, 2.24) is 0 Å². The van der Waals surface area contributed by atoms with Gasteiger partial charge in [0.15, 0.2) is 18.1 Å². The molecule has 0 aliphatic rings. The highest BCUT2D eigenvalue weighted by molar-refractivity contribution is 6.31. The summed E-state index contributed by atoms with van der Waals surface area (Å²) in [5, 5.41) is 3.33. The van der Waals surface area contributed by atoms with Gasteiger partial charge in [-0.3, -0.25) is 4.79 Å². The Labute approximate surface area is 150 Å². The number of amides is 1. The molecule has 2 aromatic rings. The van der Waals surface area contributed by atoms with Crippen LogP contribution in [-0.4, -0.2) is 32.7 Å². The first-order valence-electron chi connectivity index (χ1n) is 7.39. The van der Waals surface area contributed by atoms with Crippen molar-refractivity contribution in [3.05, 3.63) is 52.5 Å². The van der Waals surface area contributed by atoms with Crippen molar-refractivity contribution < 1.29 is 23.8 Å². The van der Waals surface area contributed by atoms with E-state index in [2.05, 4.69) is 10.1 Å². The maximum Gasteiger partial charge on any atom is 0.343 e. The smallest absolute Gasteiger partial charge is 0.343 e. The number of hydrogen-bond acceptors (Lipinski definition) is 5.